The van der Waals surface area contributed by atoms with Crippen LogP contribution < -0.4 is 5.32 Å². The molecule has 0 unspecified atom stereocenters. The molecule has 1 aliphatic heterocycles. The minimum atomic E-state index is -0.116. The third-order valence-electron chi connectivity index (χ3n) is 4.85. The smallest absolute Gasteiger partial charge is 0.240 e. The number of aromatic nitrogens is 2. The Labute approximate surface area is 150 Å². The van der Waals surface area contributed by atoms with E-state index in [0.29, 0.717) is 12.6 Å². The van der Waals surface area contributed by atoms with Gasteiger partial charge in [0.15, 0.2) is 0 Å². The minimum Gasteiger partial charge on any atom is -0.337 e. The largest absolute Gasteiger partial charge is 0.337 e. The number of benzene rings is 1. The summed E-state index contributed by atoms with van der Waals surface area (Å²) in [6, 6.07) is 10.5. The topological polar surface area (TPSA) is 50.2 Å². The van der Waals surface area contributed by atoms with Crippen LogP contribution in [0, 0.1) is 0 Å². The van der Waals surface area contributed by atoms with Gasteiger partial charge in [-0.2, -0.15) is 5.10 Å². The second-order valence-corrected chi connectivity index (χ2v) is 7.18. The van der Waals surface area contributed by atoms with Gasteiger partial charge in [0.1, 0.15) is 0 Å². The summed E-state index contributed by atoms with van der Waals surface area (Å²) < 4.78 is 1.96. The molecule has 25 heavy (non-hydrogen) atoms. The zero-order chi connectivity index (χ0) is 17.8. The van der Waals surface area contributed by atoms with Gasteiger partial charge in [0.2, 0.25) is 5.91 Å². The van der Waals surface area contributed by atoms with Crippen molar-refractivity contribution in [2.24, 2.45) is 0 Å². The molecule has 2 atom stereocenters. The normalized spacial score (nSPS) is 19.4. The summed E-state index contributed by atoms with van der Waals surface area (Å²) in [6.45, 7) is 7.86. The van der Waals surface area contributed by atoms with Gasteiger partial charge in [0, 0.05) is 36.9 Å². The molecule has 1 aliphatic rings. The summed E-state index contributed by atoms with van der Waals surface area (Å²) in [4.78, 5) is 14.8. The number of piperidine rings is 1. The molecule has 5 heteroatoms. The summed E-state index contributed by atoms with van der Waals surface area (Å²) in [5.74, 6) is 0.207. The Balaban J connectivity index is 1.62. The summed E-state index contributed by atoms with van der Waals surface area (Å²) >= 11 is 0. The Bertz CT molecular complexity index is 695. The van der Waals surface area contributed by atoms with Gasteiger partial charge in [-0.05, 0) is 39.2 Å². The van der Waals surface area contributed by atoms with Crippen LogP contribution >= 0.6 is 0 Å². The molecular weight excluding hydrogens is 312 g/mol. The molecule has 0 bridgehead atoms. The number of nitrogens with zero attached hydrogens (tertiary/aromatic N) is 3. The summed E-state index contributed by atoms with van der Waals surface area (Å²) in [7, 11) is 0. The summed E-state index contributed by atoms with van der Waals surface area (Å²) in [5, 5.41) is 7.91. The van der Waals surface area contributed by atoms with Gasteiger partial charge >= 0.3 is 0 Å². The zero-order valence-electron chi connectivity index (χ0n) is 15.4. The van der Waals surface area contributed by atoms with Gasteiger partial charge in [-0.3, -0.25) is 14.8 Å². The lowest BCUT2D eigenvalue weighted by atomic mass is 10.0. The van der Waals surface area contributed by atoms with Gasteiger partial charge in [0.25, 0.3) is 0 Å². The molecular formula is C20H28N4O. The average Bonchev–Trinajstić information content (AvgIpc) is 3.10. The highest BCUT2D eigenvalue weighted by Gasteiger charge is 2.29. The molecule has 5 nitrogen and oxygen atoms in total. The van der Waals surface area contributed by atoms with E-state index in [-0.39, 0.29) is 18.0 Å². The second-order valence-electron chi connectivity index (χ2n) is 7.18. The summed E-state index contributed by atoms with van der Waals surface area (Å²) in [6.07, 6.45) is 5.89. The molecule has 1 fully saturated rings. The Morgan fingerprint density at radius 3 is 2.68 bits per heavy atom. The Kier molecular flexibility index (Phi) is 5.53. The molecule has 1 aromatic carbocycles. The van der Waals surface area contributed by atoms with Crippen molar-refractivity contribution < 1.29 is 4.79 Å². The van der Waals surface area contributed by atoms with Gasteiger partial charge in [0.05, 0.1) is 12.2 Å². The average molecular weight is 340 g/mol. The predicted octanol–water partition coefficient (Wildman–Crippen LogP) is 3.31. The van der Waals surface area contributed by atoms with Crippen molar-refractivity contribution in [1.29, 1.82) is 0 Å². The third-order valence-corrected chi connectivity index (χ3v) is 4.85. The molecule has 1 aromatic heterocycles. The van der Waals surface area contributed by atoms with Crippen molar-refractivity contribution in [3.8, 4) is 0 Å². The maximum atomic E-state index is 12.9. The van der Waals surface area contributed by atoms with E-state index in [9.17, 15) is 4.79 Å². The molecule has 3 rings (SSSR count). The quantitative estimate of drug-likeness (QED) is 0.878. The number of amides is 1. The van der Waals surface area contributed by atoms with Crippen molar-refractivity contribution in [2.45, 2.75) is 58.3 Å². The Morgan fingerprint density at radius 2 is 2.00 bits per heavy atom. The van der Waals surface area contributed by atoms with Crippen LogP contribution in [0.15, 0.2) is 42.7 Å². The van der Waals surface area contributed by atoms with Crippen LogP contribution in [0.2, 0.25) is 0 Å². The molecule has 1 N–H and O–H groups in total. The minimum absolute atomic E-state index is 0.109. The third kappa shape index (κ3) is 4.28. The first-order valence-electron chi connectivity index (χ1n) is 9.17. The number of nitrogens with one attached hydrogen (secondary N) is 1. The van der Waals surface area contributed by atoms with Gasteiger partial charge in [-0.25, -0.2) is 0 Å². The molecule has 1 saturated heterocycles. The lowest BCUT2D eigenvalue weighted by Crippen LogP contribution is -2.50. The first-order valence-corrected chi connectivity index (χ1v) is 9.17. The highest BCUT2D eigenvalue weighted by atomic mass is 16.2. The number of carbonyl (C=O) groups is 1. The standard InChI is InChI=1S/C20H28N4O/c1-15(2)24-14-18(12-21-24)16(3)22-19-10-7-11-23(20(19)25)13-17-8-5-4-6-9-17/h4-6,8-9,12,14-16,19,22H,7,10-11,13H2,1-3H3/t16-,19-/m0/s1. The van der Waals surface area contributed by atoms with E-state index in [4.69, 9.17) is 0 Å². The maximum absolute atomic E-state index is 12.9. The first kappa shape index (κ1) is 17.7. The van der Waals surface area contributed by atoms with Gasteiger partial charge in [-0.15, -0.1) is 0 Å². The molecule has 0 saturated carbocycles. The van der Waals surface area contributed by atoms with Crippen LogP contribution in [0.4, 0.5) is 0 Å². The SMILES string of the molecule is CC(C)n1cc([C@H](C)N[C@H]2CCCN(Cc3ccccc3)C2=O)cn1. The number of hydrogen-bond donors (Lipinski definition) is 1. The molecule has 2 heterocycles. The Hall–Kier alpha value is -2.14. The molecule has 134 valence electrons. The summed E-state index contributed by atoms with van der Waals surface area (Å²) in [5.41, 5.74) is 2.31. The van der Waals surface area contributed by atoms with E-state index < -0.39 is 0 Å². The fraction of sp³-hybridized carbons (Fsp3) is 0.500. The fourth-order valence-corrected chi connectivity index (χ4v) is 3.31. The van der Waals surface area contributed by atoms with Crippen LogP contribution in [0.5, 0.6) is 0 Å². The second kappa shape index (κ2) is 7.83. The number of likely N-dealkylation sites (tertiary alicyclic amines) is 1. The molecule has 1 amide bonds. The zero-order valence-corrected chi connectivity index (χ0v) is 15.4. The van der Waals surface area contributed by atoms with Gasteiger partial charge in [-0.1, -0.05) is 30.3 Å². The van der Waals surface area contributed by atoms with E-state index in [2.05, 4.69) is 49.5 Å². The number of carbonyl (C=O) groups excluding carboxylic acids is 1. The lowest BCUT2D eigenvalue weighted by Gasteiger charge is -2.34. The van der Waals surface area contributed by atoms with Crippen molar-refractivity contribution in [2.75, 3.05) is 6.54 Å². The first-order chi connectivity index (χ1) is 12.0. The monoisotopic (exact) mass is 340 g/mol. The van der Waals surface area contributed by atoms with Crippen LogP contribution in [0.25, 0.3) is 0 Å². The van der Waals surface area contributed by atoms with Gasteiger partial charge < -0.3 is 4.90 Å². The molecule has 0 aliphatic carbocycles. The van der Waals surface area contributed by atoms with Crippen LogP contribution in [-0.2, 0) is 11.3 Å². The van der Waals surface area contributed by atoms with Crippen LogP contribution in [0.1, 0.15) is 56.8 Å². The molecule has 2 aromatic rings. The fourth-order valence-electron chi connectivity index (χ4n) is 3.31. The van der Waals surface area contributed by atoms with Crippen LogP contribution in [-0.4, -0.2) is 33.2 Å². The maximum Gasteiger partial charge on any atom is 0.240 e. The molecule has 0 spiro atoms. The lowest BCUT2D eigenvalue weighted by molar-refractivity contribution is -0.136. The van der Waals surface area contributed by atoms with Crippen molar-refractivity contribution in [1.82, 2.24) is 20.0 Å². The number of rotatable bonds is 6. The van der Waals surface area contributed by atoms with Crippen molar-refractivity contribution in [3.05, 3.63) is 53.9 Å². The number of hydrogen-bond acceptors (Lipinski definition) is 3. The van der Waals surface area contributed by atoms with E-state index in [1.54, 1.807) is 0 Å². The van der Waals surface area contributed by atoms with Crippen LogP contribution in [0.3, 0.4) is 0 Å². The predicted molar refractivity (Wildman–Crippen MR) is 99.0 cm³/mol. The van der Waals surface area contributed by atoms with Crippen molar-refractivity contribution >= 4 is 5.91 Å². The van der Waals surface area contributed by atoms with E-state index in [0.717, 1.165) is 24.9 Å². The van der Waals surface area contributed by atoms with E-state index in [1.807, 2.05) is 34.0 Å². The Morgan fingerprint density at radius 1 is 1.24 bits per heavy atom. The van der Waals surface area contributed by atoms with E-state index in [1.165, 1.54) is 5.56 Å². The highest BCUT2D eigenvalue weighted by Crippen LogP contribution is 2.20. The van der Waals surface area contributed by atoms with E-state index >= 15 is 0 Å². The van der Waals surface area contributed by atoms with Crippen molar-refractivity contribution in [3.63, 3.8) is 0 Å². The highest BCUT2D eigenvalue weighted by molar-refractivity contribution is 5.82. The molecule has 0 radical (unpaired) electrons.